The van der Waals surface area contributed by atoms with Crippen LogP contribution >= 0.6 is 11.5 Å². The molecule has 0 fully saturated rings. The number of hydrogen-bond donors (Lipinski definition) is 1. The molecule has 0 unspecified atom stereocenters. The molecule has 0 amide bonds. The third-order valence-electron chi connectivity index (χ3n) is 5.54. The van der Waals surface area contributed by atoms with E-state index in [1.54, 1.807) is 26.0 Å². The number of carboxylic acid groups (broad SMARTS) is 1. The van der Waals surface area contributed by atoms with Gasteiger partial charge < -0.3 is 9.84 Å². The van der Waals surface area contributed by atoms with E-state index in [1.807, 2.05) is 0 Å². The van der Waals surface area contributed by atoms with Crippen molar-refractivity contribution in [3.05, 3.63) is 69.1 Å². The average molecular weight is 500 g/mol. The van der Waals surface area contributed by atoms with Gasteiger partial charge in [0.1, 0.15) is 17.2 Å². The van der Waals surface area contributed by atoms with E-state index in [0.717, 1.165) is 30.2 Å². The van der Waals surface area contributed by atoms with Gasteiger partial charge in [-0.2, -0.15) is 17.5 Å². The molecular weight excluding hydrogens is 477 g/mol. The number of carbonyl (C=O) groups is 1. The molecule has 1 aromatic heterocycles. The van der Waals surface area contributed by atoms with Crippen molar-refractivity contribution in [3.63, 3.8) is 0 Å². The highest BCUT2D eigenvalue weighted by Crippen LogP contribution is 2.41. The number of nitrogens with zero attached hydrogens (tertiary/aromatic N) is 1. The van der Waals surface area contributed by atoms with Crippen molar-refractivity contribution in [2.45, 2.75) is 52.3 Å². The highest BCUT2D eigenvalue weighted by Gasteiger charge is 2.38. The van der Waals surface area contributed by atoms with Gasteiger partial charge in [0.2, 0.25) is 0 Å². The van der Waals surface area contributed by atoms with Gasteiger partial charge in [-0.05, 0) is 54.6 Å². The maximum Gasteiger partial charge on any atom is 0.427 e. The number of aromatic nitrogens is 1. The SMILES string of the molecule is Cc1c(CCC(=O)O)ccc(OCc2c(-c3ccc(C(C)(F)F)cc3)nsc2C(F)(F)F)c1C. The first-order valence-electron chi connectivity index (χ1n) is 10.3. The Morgan fingerprint density at radius 1 is 1.03 bits per heavy atom. The molecule has 0 radical (unpaired) electrons. The lowest BCUT2D eigenvalue weighted by Crippen LogP contribution is -2.09. The number of alkyl halides is 5. The van der Waals surface area contributed by atoms with Crippen LogP contribution in [0.4, 0.5) is 22.0 Å². The van der Waals surface area contributed by atoms with Crippen LogP contribution in [0.5, 0.6) is 5.75 Å². The van der Waals surface area contributed by atoms with Crippen LogP contribution in [-0.2, 0) is 29.9 Å². The zero-order valence-corrected chi connectivity index (χ0v) is 19.4. The second kappa shape index (κ2) is 9.69. The van der Waals surface area contributed by atoms with Gasteiger partial charge in [0, 0.05) is 30.0 Å². The summed E-state index contributed by atoms with van der Waals surface area (Å²) in [7, 11) is 0. The summed E-state index contributed by atoms with van der Waals surface area (Å²) in [5, 5.41) is 8.89. The molecule has 0 aliphatic heterocycles. The molecule has 0 bridgehead atoms. The molecule has 4 nitrogen and oxygen atoms in total. The van der Waals surface area contributed by atoms with Crippen molar-refractivity contribution in [1.82, 2.24) is 4.37 Å². The first-order valence-corrected chi connectivity index (χ1v) is 11.0. The second-order valence-electron chi connectivity index (χ2n) is 7.96. The fraction of sp³-hybridized carbons (Fsp3) is 0.333. The standard InChI is InChI=1S/C24H22F5NO3S/c1-13-14(2)19(10-6-15(13)7-11-20(31)32)33-12-18-21(30-34-22(18)24(27,28)29)16-4-8-17(9-5-16)23(3,25)26/h4-6,8-10H,7,11-12H2,1-3H3,(H,31,32). The summed E-state index contributed by atoms with van der Waals surface area (Å²) in [6.45, 7) is 3.85. The number of aryl methyl sites for hydroxylation is 1. The van der Waals surface area contributed by atoms with Crippen LogP contribution in [0, 0.1) is 13.8 Å². The highest BCUT2D eigenvalue weighted by atomic mass is 32.1. The minimum Gasteiger partial charge on any atom is -0.488 e. The molecule has 3 rings (SSSR count). The molecule has 3 aromatic rings. The molecule has 0 aliphatic rings. The monoisotopic (exact) mass is 499 g/mol. The third-order valence-corrected chi connectivity index (χ3v) is 6.48. The Bertz CT molecular complexity index is 1180. The van der Waals surface area contributed by atoms with Crippen LogP contribution in [0.25, 0.3) is 11.3 Å². The lowest BCUT2D eigenvalue weighted by Gasteiger charge is -2.16. The van der Waals surface area contributed by atoms with Crippen molar-refractivity contribution < 1.29 is 36.6 Å². The predicted molar refractivity (Wildman–Crippen MR) is 118 cm³/mol. The number of halogens is 5. The number of ether oxygens (including phenoxy) is 1. The van der Waals surface area contributed by atoms with Crippen molar-refractivity contribution in [2.24, 2.45) is 0 Å². The molecule has 1 N–H and O–H groups in total. The lowest BCUT2D eigenvalue weighted by molar-refractivity contribution is -0.137. The molecule has 34 heavy (non-hydrogen) atoms. The molecule has 0 spiro atoms. The van der Waals surface area contributed by atoms with Crippen molar-refractivity contribution in [1.29, 1.82) is 0 Å². The summed E-state index contributed by atoms with van der Waals surface area (Å²) in [6.07, 6.45) is -4.37. The largest absolute Gasteiger partial charge is 0.488 e. The fourth-order valence-corrected chi connectivity index (χ4v) is 4.25. The fourth-order valence-electron chi connectivity index (χ4n) is 3.48. The molecule has 2 aromatic carbocycles. The lowest BCUT2D eigenvalue weighted by atomic mass is 9.99. The van der Waals surface area contributed by atoms with Crippen molar-refractivity contribution in [2.75, 3.05) is 0 Å². The summed E-state index contributed by atoms with van der Waals surface area (Å²) in [4.78, 5) is 9.92. The van der Waals surface area contributed by atoms with Crippen LogP contribution in [-0.4, -0.2) is 15.4 Å². The number of carboxylic acids is 1. The molecule has 0 atom stereocenters. The van der Waals surface area contributed by atoms with E-state index < -0.39 is 29.6 Å². The van der Waals surface area contributed by atoms with Crippen LogP contribution in [0.1, 0.15) is 46.0 Å². The second-order valence-corrected chi connectivity index (χ2v) is 8.73. The quantitative estimate of drug-likeness (QED) is 0.334. The summed E-state index contributed by atoms with van der Waals surface area (Å²) in [6, 6.07) is 8.26. The van der Waals surface area contributed by atoms with Crippen LogP contribution in [0.3, 0.4) is 0 Å². The normalized spacial score (nSPS) is 12.1. The van der Waals surface area contributed by atoms with Gasteiger partial charge in [0.25, 0.3) is 5.92 Å². The molecule has 0 saturated heterocycles. The van der Waals surface area contributed by atoms with E-state index in [0.29, 0.717) is 17.7 Å². The summed E-state index contributed by atoms with van der Waals surface area (Å²) >= 11 is 0.283. The van der Waals surface area contributed by atoms with E-state index >= 15 is 0 Å². The summed E-state index contributed by atoms with van der Waals surface area (Å²) in [5.74, 6) is -3.64. The Kier molecular flexibility index (Phi) is 7.30. The molecule has 182 valence electrons. The smallest absolute Gasteiger partial charge is 0.427 e. The van der Waals surface area contributed by atoms with Gasteiger partial charge in [0.05, 0.1) is 5.69 Å². The molecule has 10 heteroatoms. The summed E-state index contributed by atoms with van der Waals surface area (Å²) < 4.78 is 77.6. The van der Waals surface area contributed by atoms with Crippen LogP contribution in [0.2, 0.25) is 0 Å². The van der Waals surface area contributed by atoms with Crippen LogP contribution < -0.4 is 4.74 Å². The van der Waals surface area contributed by atoms with Gasteiger partial charge in [-0.1, -0.05) is 30.3 Å². The Labute approximate surface area is 197 Å². The first-order chi connectivity index (χ1) is 15.8. The van der Waals surface area contributed by atoms with Gasteiger partial charge in [-0.3, -0.25) is 4.79 Å². The predicted octanol–water partition coefficient (Wildman–Crippen LogP) is 7.15. The maximum absolute atomic E-state index is 13.6. The summed E-state index contributed by atoms with van der Waals surface area (Å²) in [5.41, 5.74) is 2.17. The molecule has 0 saturated carbocycles. The Balaban J connectivity index is 1.92. The zero-order chi connectivity index (χ0) is 25.3. The average Bonchev–Trinajstić information content (AvgIpc) is 3.18. The zero-order valence-electron chi connectivity index (χ0n) is 18.6. The Morgan fingerprint density at radius 3 is 2.24 bits per heavy atom. The van der Waals surface area contributed by atoms with Gasteiger partial charge >= 0.3 is 12.1 Å². The topological polar surface area (TPSA) is 59.4 Å². The maximum atomic E-state index is 13.6. The minimum atomic E-state index is -4.66. The molecular formula is C24H22F5NO3S. The van der Waals surface area contributed by atoms with Crippen LogP contribution in [0.15, 0.2) is 36.4 Å². The van der Waals surface area contributed by atoms with E-state index in [1.165, 1.54) is 12.1 Å². The Hall–Kier alpha value is -3.01. The van der Waals surface area contributed by atoms with E-state index in [2.05, 4.69) is 4.37 Å². The van der Waals surface area contributed by atoms with Crippen molar-refractivity contribution in [3.8, 4) is 17.0 Å². The number of benzene rings is 2. The number of hydrogen-bond acceptors (Lipinski definition) is 4. The van der Waals surface area contributed by atoms with Crippen molar-refractivity contribution >= 4 is 17.5 Å². The third kappa shape index (κ3) is 5.72. The van der Waals surface area contributed by atoms with E-state index in [9.17, 15) is 26.7 Å². The number of rotatable bonds is 8. The van der Waals surface area contributed by atoms with Gasteiger partial charge in [-0.25, -0.2) is 8.78 Å². The van der Waals surface area contributed by atoms with E-state index in [-0.39, 0.29) is 40.3 Å². The van der Waals surface area contributed by atoms with Gasteiger partial charge in [-0.15, -0.1) is 0 Å². The van der Waals surface area contributed by atoms with Gasteiger partial charge in [0.15, 0.2) is 0 Å². The number of aliphatic carboxylic acids is 1. The molecule has 1 heterocycles. The van der Waals surface area contributed by atoms with E-state index in [4.69, 9.17) is 9.84 Å². The highest BCUT2D eigenvalue weighted by molar-refractivity contribution is 7.06. The molecule has 0 aliphatic carbocycles. The Morgan fingerprint density at radius 2 is 1.68 bits per heavy atom. The first kappa shape index (κ1) is 25.6. The minimum absolute atomic E-state index is 0.0238.